The van der Waals surface area contributed by atoms with Crippen molar-refractivity contribution < 1.29 is 14.7 Å². The number of hydrogen-bond acceptors (Lipinski definition) is 4. The summed E-state index contributed by atoms with van der Waals surface area (Å²) in [5, 5.41) is 10.8. The van der Waals surface area contributed by atoms with Crippen LogP contribution >= 0.6 is 0 Å². The number of benzene rings is 2. The van der Waals surface area contributed by atoms with Gasteiger partial charge in [0.05, 0.1) is 23.9 Å². The van der Waals surface area contributed by atoms with E-state index in [4.69, 9.17) is 0 Å². The van der Waals surface area contributed by atoms with Crippen LogP contribution in [0.25, 0.3) is 10.9 Å². The number of aliphatic hydroxyl groups is 1. The molecule has 3 heterocycles. The molecule has 29 heavy (non-hydrogen) atoms. The largest absolute Gasteiger partial charge is 0.390 e. The molecule has 2 aromatic carbocycles. The van der Waals surface area contributed by atoms with E-state index >= 15 is 0 Å². The molecule has 146 valence electrons. The number of aromatic nitrogens is 1. The first-order chi connectivity index (χ1) is 14.0. The first-order valence-electron chi connectivity index (χ1n) is 9.55. The Morgan fingerprint density at radius 1 is 0.966 bits per heavy atom. The minimum atomic E-state index is -0.826. The van der Waals surface area contributed by atoms with Crippen LogP contribution in [-0.2, 0) is 11.3 Å². The van der Waals surface area contributed by atoms with Gasteiger partial charge in [0.1, 0.15) is 6.04 Å². The molecule has 0 radical (unpaired) electrons. The van der Waals surface area contributed by atoms with Gasteiger partial charge in [0.25, 0.3) is 11.5 Å². The number of nitrogens with zero attached hydrogens (tertiary/aromatic N) is 3. The fourth-order valence-corrected chi connectivity index (χ4v) is 4.24. The van der Waals surface area contributed by atoms with Crippen LogP contribution in [0, 0.1) is 0 Å². The predicted octanol–water partition coefficient (Wildman–Crippen LogP) is 1.95. The number of hydrogen-bond donors (Lipinski definition) is 1. The minimum absolute atomic E-state index is 0.119. The molecule has 7 nitrogen and oxygen atoms in total. The molecule has 3 aromatic rings. The van der Waals surface area contributed by atoms with Gasteiger partial charge < -0.3 is 14.6 Å². The van der Waals surface area contributed by atoms with Gasteiger partial charge in [-0.25, -0.2) is 9.69 Å². The summed E-state index contributed by atoms with van der Waals surface area (Å²) in [6.45, 7) is 0.803. The van der Waals surface area contributed by atoms with E-state index in [1.165, 1.54) is 11.0 Å². The Hall–Kier alpha value is -3.45. The monoisotopic (exact) mass is 389 g/mol. The summed E-state index contributed by atoms with van der Waals surface area (Å²) in [5.74, 6) is -0.406. The van der Waals surface area contributed by atoms with Crippen molar-refractivity contribution in [2.45, 2.75) is 25.1 Å². The maximum absolute atomic E-state index is 12.8. The average Bonchev–Trinajstić information content (AvgIpc) is 3.23. The first-order valence-corrected chi connectivity index (χ1v) is 9.55. The Morgan fingerprint density at radius 2 is 1.76 bits per heavy atom. The number of fused-ring (bicyclic) bond motifs is 2. The number of amides is 3. The maximum atomic E-state index is 12.8. The quantitative estimate of drug-likeness (QED) is 0.694. The van der Waals surface area contributed by atoms with Crippen molar-refractivity contribution in [2.24, 2.45) is 0 Å². The van der Waals surface area contributed by atoms with Gasteiger partial charge in [-0.1, -0.05) is 30.3 Å². The second-order valence-corrected chi connectivity index (χ2v) is 7.44. The minimum Gasteiger partial charge on any atom is -0.390 e. The summed E-state index contributed by atoms with van der Waals surface area (Å²) >= 11 is 0. The summed E-state index contributed by atoms with van der Waals surface area (Å²) in [7, 11) is 0. The Bertz CT molecular complexity index is 1190. The highest BCUT2D eigenvalue weighted by molar-refractivity contribution is 6.22. The van der Waals surface area contributed by atoms with Gasteiger partial charge in [-0.2, -0.15) is 0 Å². The lowest BCUT2D eigenvalue weighted by Crippen LogP contribution is -2.36. The van der Waals surface area contributed by atoms with Crippen LogP contribution in [-0.4, -0.2) is 45.2 Å². The third kappa shape index (κ3) is 2.74. The van der Waals surface area contributed by atoms with E-state index in [0.717, 1.165) is 21.4 Å². The molecule has 1 N–H and O–H groups in total. The number of pyridine rings is 1. The van der Waals surface area contributed by atoms with Gasteiger partial charge in [-0.3, -0.25) is 9.59 Å². The van der Waals surface area contributed by atoms with Crippen LogP contribution in [0.3, 0.4) is 0 Å². The molecule has 2 aliphatic heterocycles. The molecule has 2 atom stereocenters. The third-order valence-electron chi connectivity index (χ3n) is 5.69. The number of rotatable bonds is 3. The molecular formula is C22H19N3O4. The molecule has 1 unspecified atom stereocenters. The SMILES string of the molecule is O=C1[C@@H]2C(O)CCN2C(=O)N1c1ccc2c(ccc(=O)n2Cc2ccccc2)c1. The second-order valence-electron chi connectivity index (χ2n) is 7.44. The van der Waals surface area contributed by atoms with Crippen molar-refractivity contribution in [1.29, 1.82) is 0 Å². The smallest absolute Gasteiger partial charge is 0.332 e. The lowest BCUT2D eigenvalue weighted by atomic mass is 10.1. The van der Waals surface area contributed by atoms with Crippen LogP contribution in [0.15, 0.2) is 65.5 Å². The Morgan fingerprint density at radius 3 is 2.52 bits per heavy atom. The van der Waals surface area contributed by atoms with Gasteiger partial charge in [-0.05, 0) is 36.2 Å². The van der Waals surface area contributed by atoms with Gasteiger partial charge in [0, 0.05) is 18.0 Å². The number of anilines is 1. The predicted molar refractivity (Wildman–Crippen MR) is 108 cm³/mol. The molecule has 2 saturated heterocycles. The van der Waals surface area contributed by atoms with Crippen molar-refractivity contribution in [3.05, 3.63) is 76.6 Å². The molecule has 0 bridgehead atoms. The summed E-state index contributed by atoms with van der Waals surface area (Å²) in [6.07, 6.45) is -0.410. The summed E-state index contributed by atoms with van der Waals surface area (Å²) < 4.78 is 1.67. The van der Waals surface area contributed by atoms with Crippen molar-refractivity contribution in [3.63, 3.8) is 0 Å². The van der Waals surface area contributed by atoms with Gasteiger partial charge in [0.15, 0.2) is 0 Å². The highest BCUT2D eigenvalue weighted by Crippen LogP contribution is 2.32. The highest BCUT2D eigenvalue weighted by Gasteiger charge is 2.52. The normalized spacial score (nSPS) is 21.3. The molecule has 3 amide bonds. The number of urea groups is 1. The fourth-order valence-electron chi connectivity index (χ4n) is 4.24. The van der Waals surface area contributed by atoms with Crippen LogP contribution < -0.4 is 10.5 Å². The zero-order valence-corrected chi connectivity index (χ0v) is 15.6. The topological polar surface area (TPSA) is 82.8 Å². The first kappa shape index (κ1) is 17.6. The van der Waals surface area contributed by atoms with E-state index in [1.54, 1.807) is 28.8 Å². The highest BCUT2D eigenvalue weighted by atomic mass is 16.3. The Balaban J connectivity index is 1.55. The molecule has 0 aliphatic carbocycles. The summed E-state index contributed by atoms with van der Waals surface area (Å²) in [4.78, 5) is 40.5. The molecule has 2 fully saturated rings. The molecule has 7 heteroatoms. The number of aliphatic hydroxyl groups excluding tert-OH is 1. The molecular weight excluding hydrogens is 370 g/mol. The molecule has 0 saturated carbocycles. The average molecular weight is 389 g/mol. The standard InChI is InChI=1S/C22H19N3O4/c26-18-10-11-23-20(18)21(28)25(22(23)29)16-7-8-17-15(12-16)6-9-19(27)24(17)13-14-4-2-1-3-5-14/h1-9,12,18,20,26H,10-11,13H2/t18?,20-/m0/s1. The number of carbonyl (C=O) groups is 2. The van der Waals surface area contributed by atoms with Crippen molar-refractivity contribution >= 4 is 28.5 Å². The lowest BCUT2D eigenvalue weighted by Gasteiger charge is -2.17. The number of carbonyl (C=O) groups excluding carboxylic acids is 2. The van der Waals surface area contributed by atoms with Crippen LogP contribution in [0.1, 0.15) is 12.0 Å². The lowest BCUT2D eigenvalue weighted by molar-refractivity contribution is -0.121. The van der Waals surface area contributed by atoms with Crippen LogP contribution in [0.2, 0.25) is 0 Å². The van der Waals surface area contributed by atoms with E-state index in [-0.39, 0.29) is 5.56 Å². The molecule has 0 spiro atoms. The van der Waals surface area contributed by atoms with E-state index in [9.17, 15) is 19.5 Å². The molecule has 1 aromatic heterocycles. The van der Waals surface area contributed by atoms with E-state index < -0.39 is 24.1 Å². The van der Waals surface area contributed by atoms with Crippen LogP contribution in [0.5, 0.6) is 0 Å². The van der Waals surface area contributed by atoms with Crippen LogP contribution in [0.4, 0.5) is 10.5 Å². The van der Waals surface area contributed by atoms with Gasteiger partial charge in [-0.15, -0.1) is 0 Å². The summed E-state index contributed by atoms with van der Waals surface area (Å²) in [5.41, 5.74) is 2.06. The van der Waals surface area contributed by atoms with Gasteiger partial charge >= 0.3 is 6.03 Å². The summed E-state index contributed by atoms with van der Waals surface area (Å²) in [6, 6.07) is 16.8. The fraction of sp³-hybridized carbons (Fsp3) is 0.227. The Labute approximate surface area is 166 Å². The Kier molecular flexibility index (Phi) is 3.99. The van der Waals surface area contributed by atoms with Crippen molar-refractivity contribution in [2.75, 3.05) is 11.4 Å². The zero-order chi connectivity index (χ0) is 20.1. The molecule has 5 rings (SSSR count). The second kappa shape index (κ2) is 6.56. The van der Waals surface area contributed by atoms with E-state index in [0.29, 0.717) is 25.2 Å². The van der Waals surface area contributed by atoms with Crippen molar-refractivity contribution in [1.82, 2.24) is 9.47 Å². The van der Waals surface area contributed by atoms with Gasteiger partial charge in [0.2, 0.25) is 0 Å². The van der Waals surface area contributed by atoms with Crippen molar-refractivity contribution in [3.8, 4) is 0 Å². The van der Waals surface area contributed by atoms with E-state index in [1.807, 2.05) is 30.3 Å². The van der Waals surface area contributed by atoms with E-state index in [2.05, 4.69) is 0 Å². The number of imide groups is 1. The molecule has 2 aliphatic rings. The maximum Gasteiger partial charge on any atom is 0.332 e. The zero-order valence-electron chi connectivity index (χ0n) is 15.6. The third-order valence-corrected chi connectivity index (χ3v) is 5.69.